The first-order valence-electron chi connectivity index (χ1n) is 7.71. The number of hydrogen-bond acceptors (Lipinski definition) is 3. The molecule has 0 aliphatic carbocycles. The summed E-state index contributed by atoms with van der Waals surface area (Å²) in [7, 11) is 0. The molecule has 1 aromatic carbocycles. The van der Waals surface area contributed by atoms with Gasteiger partial charge in [0.05, 0.1) is 18.0 Å². The van der Waals surface area contributed by atoms with E-state index in [0.717, 1.165) is 11.3 Å². The minimum Gasteiger partial charge on any atom is -0.389 e. The summed E-state index contributed by atoms with van der Waals surface area (Å²) in [6.45, 7) is 5.62. The summed E-state index contributed by atoms with van der Waals surface area (Å²) in [6, 6.07) is 8.35. The van der Waals surface area contributed by atoms with Gasteiger partial charge in [0.25, 0.3) is 0 Å². The first-order chi connectivity index (χ1) is 10.5. The van der Waals surface area contributed by atoms with Gasteiger partial charge in [-0.15, -0.1) is 0 Å². The second-order valence-electron chi connectivity index (χ2n) is 6.32. The molecule has 3 rings (SSSR count). The molecule has 0 amide bonds. The van der Waals surface area contributed by atoms with Gasteiger partial charge in [-0.25, -0.2) is 9.07 Å². The Morgan fingerprint density at radius 1 is 1.27 bits per heavy atom. The molecule has 1 aliphatic heterocycles. The molecule has 0 spiro atoms. The molecule has 1 N–H and O–H groups in total. The summed E-state index contributed by atoms with van der Waals surface area (Å²) in [4.78, 5) is 1.92. The molecule has 1 aliphatic rings. The van der Waals surface area contributed by atoms with Crippen LogP contribution in [0.4, 0.5) is 4.39 Å². The van der Waals surface area contributed by atoms with Crippen LogP contribution in [0.15, 0.2) is 36.7 Å². The number of halogens is 1. The highest BCUT2D eigenvalue weighted by Gasteiger charge is 2.31. The van der Waals surface area contributed by atoms with Crippen molar-refractivity contribution >= 4 is 0 Å². The molecule has 2 aromatic rings. The number of likely N-dealkylation sites (tertiary alicyclic amines) is 1. The van der Waals surface area contributed by atoms with Crippen LogP contribution in [0.25, 0.3) is 5.69 Å². The van der Waals surface area contributed by atoms with Crippen LogP contribution >= 0.6 is 0 Å². The topological polar surface area (TPSA) is 41.3 Å². The van der Waals surface area contributed by atoms with Crippen LogP contribution in [0.3, 0.4) is 0 Å². The molecule has 118 valence electrons. The molecule has 1 saturated heterocycles. The molecule has 2 heterocycles. The van der Waals surface area contributed by atoms with Crippen LogP contribution in [0.2, 0.25) is 0 Å². The van der Waals surface area contributed by atoms with Gasteiger partial charge in [0.2, 0.25) is 0 Å². The summed E-state index contributed by atoms with van der Waals surface area (Å²) in [5.74, 6) is 0.512. The van der Waals surface area contributed by atoms with Gasteiger partial charge in [-0.1, -0.05) is 26.0 Å². The van der Waals surface area contributed by atoms with E-state index in [-0.39, 0.29) is 6.54 Å². The van der Waals surface area contributed by atoms with Gasteiger partial charge < -0.3 is 5.11 Å². The Morgan fingerprint density at radius 3 is 2.59 bits per heavy atom. The van der Waals surface area contributed by atoms with E-state index in [9.17, 15) is 9.50 Å². The average Bonchev–Trinajstić information content (AvgIpc) is 3.07. The van der Waals surface area contributed by atoms with Crippen LogP contribution < -0.4 is 0 Å². The first kappa shape index (κ1) is 15.2. The Morgan fingerprint density at radius 2 is 2.00 bits per heavy atom. The fourth-order valence-electron chi connectivity index (χ4n) is 2.80. The van der Waals surface area contributed by atoms with E-state index >= 15 is 0 Å². The molecule has 2 atom stereocenters. The van der Waals surface area contributed by atoms with Crippen LogP contribution in [0, 0.1) is 0 Å². The molecule has 1 fully saturated rings. The van der Waals surface area contributed by atoms with Crippen LogP contribution in [0.5, 0.6) is 0 Å². The van der Waals surface area contributed by atoms with Gasteiger partial charge in [-0.05, 0) is 23.6 Å². The van der Waals surface area contributed by atoms with E-state index < -0.39 is 12.3 Å². The first-order valence-corrected chi connectivity index (χ1v) is 7.71. The van der Waals surface area contributed by atoms with Gasteiger partial charge >= 0.3 is 0 Å². The van der Waals surface area contributed by atoms with E-state index in [4.69, 9.17) is 0 Å². The molecule has 4 nitrogen and oxygen atoms in total. The number of benzene rings is 1. The molecular formula is C17H22FN3O. The van der Waals surface area contributed by atoms with Crippen molar-refractivity contribution in [3.8, 4) is 5.69 Å². The molecule has 0 unspecified atom stereocenters. The van der Waals surface area contributed by atoms with Crippen molar-refractivity contribution in [3.63, 3.8) is 0 Å². The number of aromatic nitrogens is 2. The van der Waals surface area contributed by atoms with E-state index in [2.05, 4.69) is 43.2 Å². The summed E-state index contributed by atoms with van der Waals surface area (Å²) in [5.41, 5.74) is 3.34. The van der Waals surface area contributed by atoms with Gasteiger partial charge in [-0.3, -0.25) is 4.90 Å². The van der Waals surface area contributed by atoms with Crippen molar-refractivity contribution in [2.24, 2.45) is 0 Å². The molecule has 5 heteroatoms. The van der Waals surface area contributed by atoms with Crippen LogP contribution in [-0.2, 0) is 6.54 Å². The van der Waals surface area contributed by atoms with Crippen LogP contribution in [0.1, 0.15) is 30.9 Å². The number of aliphatic hydroxyl groups is 1. The molecule has 0 bridgehead atoms. The third kappa shape index (κ3) is 3.20. The minimum atomic E-state index is -1.14. The maximum Gasteiger partial charge on any atom is 0.140 e. The van der Waals surface area contributed by atoms with Crippen LogP contribution in [-0.4, -0.2) is 45.2 Å². The smallest absolute Gasteiger partial charge is 0.140 e. The van der Waals surface area contributed by atoms with E-state index in [0.29, 0.717) is 19.0 Å². The lowest BCUT2D eigenvalue weighted by molar-refractivity contribution is 0.115. The number of β-amino-alcohol motifs (C(OH)–C–C–N with tert-alkyl or cyclic N) is 1. The molecule has 1 aromatic heterocycles. The van der Waals surface area contributed by atoms with Crippen molar-refractivity contribution in [2.75, 3.05) is 13.1 Å². The van der Waals surface area contributed by atoms with Crippen molar-refractivity contribution in [1.29, 1.82) is 0 Å². The predicted molar refractivity (Wildman–Crippen MR) is 83.8 cm³/mol. The van der Waals surface area contributed by atoms with Gasteiger partial charge in [-0.2, -0.15) is 5.10 Å². The molecule has 0 saturated carbocycles. The highest BCUT2D eigenvalue weighted by molar-refractivity contribution is 5.35. The summed E-state index contributed by atoms with van der Waals surface area (Å²) < 4.78 is 15.2. The van der Waals surface area contributed by atoms with Gasteiger partial charge in [0.1, 0.15) is 6.17 Å². The zero-order chi connectivity index (χ0) is 15.7. The summed E-state index contributed by atoms with van der Waals surface area (Å²) in [5, 5.41) is 13.8. The van der Waals surface area contributed by atoms with Gasteiger partial charge in [0.15, 0.2) is 0 Å². The number of nitrogens with zero attached hydrogens (tertiary/aromatic N) is 3. The Kier molecular flexibility index (Phi) is 4.27. The fraction of sp³-hybridized carbons (Fsp3) is 0.471. The maximum absolute atomic E-state index is 13.3. The number of alkyl halides is 1. The maximum atomic E-state index is 13.3. The molecular weight excluding hydrogens is 281 g/mol. The van der Waals surface area contributed by atoms with Crippen molar-refractivity contribution < 1.29 is 9.50 Å². The average molecular weight is 303 g/mol. The predicted octanol–water partition coefficient (Wildman–Crippen LogP) is 2.51. The van der Waals surface area contributed by atoms with Gasteiger partial charge in [0, 0.05) is 31.4 Å². The highest BCUT2D eigenvalue weighted by atomic mass is 19.1. The SMILES string of the molecule is CC(C)c1ccc(-n2cc(CN3C[C@@H](O)[C@H](F)C3)cn2)cc1. The Balaban J connectivity index is 1.68. The Labute approximate surface area is 130 Å². The lowest BCUT2D eigenvalue weighted by Crippen LogP contribution is -2.21. The van der Waals surface area contributed by atoms with Crippen molar-refractivity contribution in [3.05, 3.63) is 47.8 Å². The number of aliphatic hydroxyl groups excluding tert-OH is 1. The van der Waals surface area contributed by atoms with E-state index in [1.807, 2.05) is 15.8 Å². The zero-order valence-corrected chi connectivity index (χ0v) is 13.0. The molecule has 22 heavy (non-hydrogen) atoms. The lowest BCUT2D eigenvalue weighted by atomic mass is 10.0. The van der Waals surface area contributed by atoms with Crippen molar-refractivity contribution in [1.82, 2.24) is 14.7 Å². The summed E-state index contributed by atoms with van der Waals surface area (Å²) in [6.07, 6.45) is 1.76. The quantitative estimate of drug-likeness (QED) is 0.943. The monoisotopic (exact) mass is 303 g/mol. The summed E-state index contributed by atoms with van der Waals surface area (Å²) >= 11 is 0. The largest absolute Gasteiger partial charge is 0.389 e. The number of rotatable bonds is 4. The Bertz CT molecular complexity index is 613. The van der Waals surface area contributed by atoms with E-state index in [1.165, 1.54) is 5.56 Å². The standard InChI is InChI=1S/C17H22FN3O/c1-12(2)14-3-5-15(6-4-14)21-9-13(7-19-21)8-20-10-16(18)17(22)11-20/h3-7,9,12,16-17,22H,8,10-11H2,1-2H3/t16-,17-/m1/s1. The minimum absolute atomic E-state index is 0.287. The second kappa shape index (κ2) is 6.18. The lowest BCUT2D eigenvalue weighted by Gasteiger charge is -2.12. The number of hydrogen-bond donors (Lipinski definition) is 1. The third-order valence-electron chi connectivity index (χ3n) is 4.16. The van der Waals surface area contributed by atoms with E-state index in [1.54, 1.807) is 6.20 Å². The molecule has 0 radical (unpaired) electrons. The fourth-order valence-corrected chi connectivity index (χ4v) is 2.80. The second-order valence-corrected chi connectivity index (χ2v) is 6.32. The third-order valence-corrected chi connectivity index (χ3v) is 4.16. The zero-order valence-electron chi connectivity index (χ0n) is 13.0. The van der Waals surface area contributed by atoms with Crippen molar-refractivity contribution in [2.45, 2.75) is 38.6 Å². The highest BCUT2D eigenvalue weighted by Crippen LogP contribution is 2.19. The Hall–Kier alpha value is -1.72. The normalized spacial score (nSPS) is 22.6.